The topological polar surface area (TPSA) is 69.2 Å². The largest absolute Gasteiger partial charge is 0.319 e. The number of hydrogen-bond donors (Lipinski definition) is 0. The Morgan fingerprint density at radius 1 is 1.32 bits per heavy atom. The van der Waals surface area contributed by atoms with E-state index in [1.165, 1.54) is 33.6 Å². The van der Waals surface area contributed by atoms with Crippen molar-refractivity contribution in [1.29, 1.82) is 0 Å². The molecule has 0 unspecified atom stereocenters. The monoisotopic (exact) mass is 430 g/mol. The molecule has 9 heteroatoms. The smallest absolute Gasteiger partial charge is 0.290 e. The van der Waals surface area contributed by atoms with Crippen molar-refractivity contribution in [3.05, 3.63) is 78.4 Å². The second-order valence-electron chi connectivity index (χ2n) is 6.22. The highest BCUT2D eigenvalue weighted by atomic mass is 35.5. The van der Waals surface area contributed by atoms with Gasteiger partial charge in [0.05, 0.1) is 18.3 Å². The van der Waals surface area contributed by atoms with E-state index in [1.54, 1.807) is 14.0 Å². The maximum absolute atomic E-state index is 12.8. The minimum atomic E-state index is -0.377. The number of thiophene rings is 1. The number of hydrogen-bond acceptors (Lipinski definition) is 5. The molecule has 0 bridgehead atoms. The number of thiazole rings is 1. The third-order valence-electron chi connectivity index (χ3n) is 4.36. The van der Waals surface area contributed by atoms with Crippen LogP contribution in [0, 0.1) is 6.92 Å². The van der Waals surface area contributed by atoms with Crippen LogP contribution in [0.5, 0.6) is 0 Å². The van der Waals surface area contributed by atoms with Crippen molar-refractivity contribution in [3.63, 3.8) is 0 Å². The summed E-state index contributed by atoms with van der Waals surface area (Å²) in [5.41, 5.74) is 1.40. The fourth-order valence-corrected chi connectivity index (χ4v) is 4.81. The SMILES string of the molecule is Cc1c(C(=O)N=c2sccn2Cc2ccccc2Cl)sc2ncn(C)c(=O)c12. The summed E-state index contributed by atoms with van der Waals surface area (Å²) in [5.74, 6) is -0.377. The molecule has 1 aromatic carbocycles. The molecule has 0 aliphatic carbocycles. The molecule has 0 aliphatic rings. The Labute approximate surface area is 173 Å². The number of fused-ring (bicyclic) bond motifs is 1. The molecule has 0 fully saturated rings. The second kappa shape index (κ2) is 7.46. The lowest BCUT2D eigenvalue weighted by Gasteiger charge is -2.05. The zero-order chi connectivity index (χ0) is 19.8. The van der Waals surface area contributed by atoms with E-state index in [-0.39, 0.29) is 11.5 Å². The first kappa shape index (κ1) is 18.8. The molecule has 0 saturated heterocycles. The minimum absolute atomic E-state index is 0.164. The van der Waals surface area contributed by atoms with Crippen LogP contribution in [0.25, 0.3) is 10.2 Å². The standard InChI is InChI=1S/C19H15ClN4O2S2/c1-11-14-17(21-10-23(2)18(14)26)28-15(11)16(25)22-19-24(7-8-27-19)9-12-5-3-4-6-13(12)20/h3-8,10H,9H2,1-2H3. The Kier molecular flexibility index (Phi) is 5.01. The van der Waals surface area contributed by atoms with Gasteiger partial charge >= 0.3 is 0 Å². The van der Waals surface area contributed by atoms with Gasteiger partial charge in [0.2, 0.25) is 0 Å². The number of amides is 1. The Hall–Kier alpha value is -2.55. The molecule has 0 N–H and O–H groups in total. The summed E-state index contributed by atoms with van der Waals surface area (Å²) < 4.78 is 3.29. The normalized spacial score (nSPS) is 12.0. The van der Waals surface area contributed by atoms with Gasteiger partial charge < -0.3 is 9.13 Å². The molecule has 0 spiro atoms. The van der Waals surface area contributed by atoms with Crippen molar-refractivity contribution in [1.82, 2.24) is 14.1 Å². The fourth-order valence-electron chi connectivity index (χ4n) is 2.87. The number of aryl methyl sites for hydroxylation is 2. The summed E-state index contributed by atoms with van der Waals surface area (Å²) >= 11 is 8.81. The quantitative estimate of drug-likeness (QED) is 0.498. The average molecular weight is 431 g/mol. The van der Waals surface area contributed by atoms with Crippen LogP contribution in [0.3, 0.4) is 0 Å². The van der Waals surface area contributed by atoms with Gasteiger partial charge in [-0.05, 0) is 24.1 Å². The highest BCUT2D eigenvalue weighted by Crippen LogP contribution is 2.27. The van der Waals surface area contributed by atoms with E-state index in [1.807, 2.05) is 40.4 Å². The summed E-state index contributed by atoms with van der Waals surface area (Å²) in [4.78, 5) is 35.3. The van der Waals surface area contributed by atoms with Gasteiger partial charge in [0, 0.05) is 23.6 Å². The number of nitrogens with zero attached hydrogens (tertiary/aromatic N) is 4. The van der Waals surface area contributed by atoms with Gasteiger partial charge in [-0.2, -0.15) is 4.99 Å². The van der Waals surface area contributed by atoms with Gasteiger partial charge in [-0.25, -0.2) is 4.98 Å². The molecular weight excluding hydrogens is 416 g/mol. The molecule has 0 radical (unpaired) electrons. The van der Waals surface area contributed by atoms with E-state index in [0.717, 1.165) is 5.56 Å². The number of halogens is 1. The number of aromatic nitrogens is 3. The van der Waals surface area contributed by atoms with E-state index >= 15 is 0 Å². The number of rotatable bonds is 3. The lowest BCUT2D eigenvalue weighted by atomic mass is 10.2. The summed E-state index contributed by atoms with van der Waals surface area (Å²) in [5, 5.41) is 3.02. The van der Waals surface area contributed by atoms with Gasteiger partial charge in [-0.3, -0.25) is 9.59 Å². The first-order chi connectivity index (χ1) is 13.5. The lowest BCUT2D eigenvalue weighted by Crippen LogP contribution is -2.17. The maximum atomic E-state index is 12.8. The van der Waals surface area contributed by atoms with E-state index < -0.39 is 0 Å². The Balaban J connectivity index is 1.74. The zero-order valence-corrected chi connectivity index (χ0v) is 17.4. The minimum Gasteiger partial charge on any atom is -0.319 e. The highest BCUT2D eigenvalue weighted by molar-refractivity contribution is 7.20. The first-order valence-corrected chi connectivity index (χ1v) is 10.4. The zero-order valence-electron chi connectivity index (χ0n) is 15.0. The molecule has 0 aliphatic heterocycles. The van der Waals surface area contributed by atoms with Crippen LogP contribution < -0.4 is 10.4 Å². The van der Waals surface area contributed by atoms with Gasteiger partial charge in [0.1, 0.15) is 9.71 Å². The average Bonchev–Trinajstić information content (AvgIpc) is 3.24. The molecule has 142 valence electrons. The summed E-state index contributed by atoms with van der Waals surface area (Å²) in [6.07, 6.45) is 3.33. The Bertz CT molecular complexity index is 1330. The van der Waals surface area contributed by atoms with E-state index in [0.29, 0.717) is 37.0 Å². The predicted molar refractivity (Wildman–Crippen MR) is 112 cm³/mol. The van der Waals surface area contributed by atoms with Crippen molar-refractivity contribution < 1.29 is 4.79 Å². The lowest BCUT2D eigenvalue weighted by molar-refractivity contribution is 0.100. The predicted octanol–water partition coefficient (Wildman–Crippen LogP) is 3.61. The Morgan fingerprint density at radius 3 is 2.89 bits per heavy atom. The van der Waals surface area contributed by atoms with Gasteiger partial charge in [0.15, 0.2) is 4.80 Å². The van der Waals surface area contributed by atoms with Crippen LogP contribution >= 0.6 is 34.3 Å². The van der Waals surface area contributed by atoms with Crippen LogP contribution in [0.4, 0.5) is 0 Å². The highest BCUT2D eigenvalue weighted by Gasteiger charge is 2.19. The summed E-state index contributed by atoms with van der Waals surface area (Å²) in [7, 11) is 1.64. The fraction of sp³-hybridized carbons (Fsp3) is 0.158. The third-order valence-corrected chi connectivity index (χ3v) is 6.71. The molecule has 0 atom stereocenters. The van der Waals surface area contributed by atoms with Crippen molar-refractivity contribution >= 4 is 50.4 Å². The Morgan fingerprint density at radius 2 is 2.11 bits per heavy atom. The van der Waals surface area contributed by atoms with Crippen LogP contribution in [0.1, 0.15) is 20.8 Å². The molecule has 0 saturated carbocycles. The van der Waals surface area contributed by atoms with Crippen molar-refractivity contribution in [2.24, 2.45) is 12.0 Å². The van der Waals surface area contributed by atoms with Crippen LogP contribution in [0.15, 0.2) is 52.0 Å². The van der Waals surface area contributed by atoms with Gasteiger partial charge in [-0.15, -0.1) is 22.7 Å². The van der Waals surface area contributed by atoms with Gasteiger partial charge in [0.25, 0.3) is 11.5 Å². The molecule has 6 nitrogen and oxygen atoms in total. The van der Waals surface area contributed by atoms with E-state index in [4.69, 9.17) is 11.6 Å². The number of benzene rings is 1. The molecule has 4 aromatic rings. The van der Waals surface area contributed by atoms with Crippen molar-refractivity contribution in [2.75, 3.05) is 0 Å². The molecule has 3 heterocycles. The van der Waals surface area contributed by atoms with E-state index in [2.05, 4.69) is 9.98 Å². The van der Waals surface area contributed by atoms with Gasteiger partial charge in [-0.1, -0.05) is 29.8 Å². The summed E-state index contributed by atoms with van der Waals surface area (Å²) in [6.45, 7) is 2.28. The molecule has 28 heavy (non-hydrogen) atoms. The number of carbonyl (C=O) groups is 1. The van der Waals surface area contributed by atoms with Crippen LogP contribution in [-0.2, 0) is 13.6 Å². The molecule has 1 amide bonds. The van der Waals surface area contributed by atoms with Crippen molar-refractivity contribution in [2.45, 2.75) is 13.5 Å². The van der Waals surface area contributed by atoms with Crippen LogP contribution in [0.2, 0.25) is 5.02 Å². The first-order valence-electron chi connectivity index (χ1n) is 8.37. The molecule has 3 aromatic heterocycles. The number of carbonyl (C=O) groups excluding carboxylic acids is 1. The second-order valence-corrected chi connectivity index (χ2v) is 8.50. The third kappa shape index (κ3) is 3.34. The maximum Gasteiger partial charge on any atom is 0.290 e. The molecule has 4 rings (SSSR count). The van der Waals surface area contributed by atoms with Crippen molar-refractivity contribution in [3.8, 4) is 0 Å². The van der Waals surface area contributed by atoms with Crippen LogP contribution in [-0.4, -0.2) is 20.0 Å². The molecular formula is C19H15ClN4O2S2. The van der Waals surface area contributed by atoms with E-state index in [9.17, 15) is 9.59 Å². The summed E-state index contributed by atoms with van der Waals surface area (Å²) in [6, 6.07) is 7.57.